The molecule has 1 aromatic carbocycles. The number of carbonyl (C=O) groups excluding carboxylic acids is 6. The second-order valence-electron chi connectivity index (χ2n) is 10.0. The van der Waals surface area contributed by atoms with Crippen molar-refractivity contribution in [2.24, 2.45) is 5.41 Å². The van der Waals surface area contributed by atoms with E-state index in [2.05, 4.69) is 16.8 Å². The molecule has 13 heteroatoms. The lowest BCUT2D eigenvalue weighted by Gasteiger charge is -2.55. The topological polar surface area (TPSA) is 131 Å². The van der Waals surface area contributed by atoms with E-state index in [-0.39, 0.29) is 30.9 Å². The summed E-state index contributed by atoms with van der Waals surface area (Å²) in [4.78, 5) is 84.4. The van der Waals surface area contributed by atoms with E-state index in [0.29, 0.717) is 30.8 Å². The van der Waals surface area contributed by atoms with Crippen LogP contribution in [0.2, 0.25) is 0 Å². The largest absolute Gasteiger partial charge is 0.364 e. The van der Waals surface area contributed by atoms with Crippen molar-refractivity contribution in [3.8, 4) is 0 Å². The van der Waals surface area contributed by atoms with E-state index in [4.69, 9.17) is 0 Å². The van der Waals surface area contributed by atoms with Gasteiger partial charge in [0.05, 0.1) is 6.04 Å². The van der Waals surface area contributed by atoms with E-state index < -0.39 is 47.1 Å². The molecule has 5 rings (SSSR count). The van der Waals surface area contributed by atoms with Crippen molar-refractivity contribution in [1.29, 1.82) is 0 Å². The molecule has 1 atom stereocenters. The molecule has 12 nitrogen and oxygen atoms in total. The summed E-state index contributed by atoms with van der Waals surface area (Å²) in [6.07, 6.45) is 2.82. The normalized spacial score (nSPS) is 24.1. The number of nitrogens with one attached hydrogen (secondary N) is 1. The molecule has 0 saturated carbocycles. The molecule has 0 aliphatic carbocycles. The van der Waals surface area contributed by atoms with E-state index in [1.54, 1.807) is 12.1 Å². The number of anilines is 1. The average molecular weight is 557 g/mol. The fraction of sp³-hybridized carbons (Fsp3) is 0.385. The SMILES string of the molecule is C=CCN1C(=O)NC(=O)C(=Cc2ccc3c(c2)CC2(C(=O)N(C)C(=O)N(C)C2=O)C2CN(C)CCN32)C1=O.Cl. The third kappa shape index (κ3) is 4.10. The number of barbiturate groups is 2. The lowest BCUT2D eigenvalue weighted by molar-refractivity contribution is -0.160. The van der Waals surface area contributed by atoms with Crippen LogP contribution in [0.25, 0.3) is 6.08 Å². The van der Waals surface area contributed by atoms with Crippen LogP contribution in [0.1, 0.15) is 11.1 Å². The van der Waals surface area contributed by atoms with Crippen LogP contribution >= 0.6 is 12.4 Å². The predicted molar refractivity (Wildman–Crippen MR) is 143 cm³/mol. The van der Waals surface area contributed by atoms with Gasteiger partial charge in [-0.3, -0.25) is 39.2 Å². The number of likely N-dealkylation sites (N-methyl/N-ethyl adjacent to an activating group) is 1. The highest BCUT2D eigenvalue weighted by Crippen LogP contribution is 2.47. The molecule has 0 radical (unpaired) electrons. The molecule has 4 heterocycles. The quantitative estimate of drug-likeness (QED) is 0.246. The minimum Gasteiger partial charge on any atom is -0.364 e. The van der Waals surface area contributed by atoms with Gasteiger partial charge >= 0.3 is 12.1 Å². The minimum absolute atomic E-state index is 0. The number of rotatable bonds is 3. The van der Waals surface area contributed by atoms with Gasteiger partial charge in [0.25, 0.3) is 11.8 Å². The molecule has 4 aliphatic heterocycles. The number of benzene rings is 1. The number of urea groups is 2. The number of piperazine rings is 1. The maximum atomic E-state index is 13.7. The number of halogens is 1. The first kappa shape index (κ1) is 28.0. The Morgan fingerprint density at radius 1 is 1.03 bits per heavy atom. The van der Waals surface area contributed by atoms with Crippen molar-refractivity contribution in [3.63, 3.8) is 0 Å². The Balaban J connectivity index is 0.00000353. The summed E-state index contributed by atoms with van der Waals surface area (Å²) in [5, 5.41) is 2.16. The van der Waals surface area contributed by atoms with Crippen LogP contribution in [0.4, 0.5) is 15.3 Å². The third-order valence-corrected chi connectivity index (χ3v) is 7.79. The van der Waals surface area contributed by atoms with Gasteiger partial charge in [0, 0.05) is 46.0 Å². The smallest absolute Gasteiger partial charge is 0.332 e. The average Bonchev–Trinajstić information content (AvgIpc) is 2.89. The fourth-order valence-electron chi connectivity index (χ4n) is 5.85. The predicted octanol–water partition coefficient (Wildman–Crippen LogP) is 0.470. The molecule has 1 aromatic rings. The van der Waals surface area contributed by atoms with Gasteiger partial charge in [-0.15, -0.1) is 19.0 Å². The molecule has 4 aliphatic rings. The van der Waals surface area contributed by atoms with Crippen molar-refractivity contribution < 1.29 is 28.8 Å². The molecule has 3 saturated heterocycles. The van der Waals surface area contributed by atoms with Crippen molar-refractivity contribution in [1.82, 2.24) is 24.9 Å². The van der Waals surface area contributed by atoms with Gasteiger partial charge in [-0.1, -0.05) is 12.1 Å². The Kier molecular flexibility index (Phi) is 7.13. The number of hydrogen-bond donors (Lipinski definition) is 1. The van der Waals surface area contributed by atoms with Crippen LogP contribution in [0.15, 0.2) is 36.4 Å². The van der Waals surface area contributed by atoms with Gasteiger partial charge in [-0.05, 0) is 42.8 Å². The summed E-state index contributed by atoms with van der Waals surface area (Å²) in [5.41, 5.74) is 0.286. The molecule has 39 heavy (non-hydrogen) atoms. The number of hydrogen-bond acceptors (Lipinski definition) is 8. The van der Waals surface area contributed by atoms with Gasteiger partial charge < -0.3 is 9.80 Å². The van der Waals surface area contributed by atoms with Crippen molar-refractivity contribution in [3.05, 3.63) is 47.6 Å². The van der Waals surface area contributed by atoms with Crippen molar-refractivity contribution in [2.75, 3.05) is 52.2 Å². The van der Waals surface area contributed by atoms with Gasteiger partial charge in [0.1, 0.15) is 5.57 Å². The minimum atomic E-state index is -1.52. The molecule has 1 N–H and O–H groups in total. The summed E-state index contributed by atoms with van der Waals surface area (Å²) in [6.45, 7) is 5.22. The van der Waals surface area contributed by atoms with Crippen molar-refractivity contribution in [2.45, 2.75) is 12.5 Å². The summed E-state index contributed by atoms with van der Waals surface area (Å²) < 4.78 is 0. The van der Waals surface area contributed by atoms with Crippen molar-refractivity contribution >= 4 is 59.9 Å². The zero-order valence-corrected chi connectivity index (χ0v) is 22.6. The number of imide groups is 4. The second kappa shape index (κ2) is 9.93. The van der Waals surface area contributed by atoms with E-state index in [0.717, 1.165) is 20.4 Å². The molecule has 3 fully saturated rings. The fourth-order valence-corrected chi connectivity index (χ4v) is 5.85. The molecule has 0 aromatic heterocycles. The second-order valence-corrected chi connectivity index (χ2v) is 10.0. The summed E-state index contributed by atoms with van der Waals surface area (Å²) in [5.74, 6) is -2.66. The Hall–Kier alpha value is -4.03. The van der Waals surface area contributed by atoms with E-state index >= 15 is 0 Å². The van der Waals surface area contributed by atoms with Crippen LogP contribution in [0.5, 0.6) is 0 Å². The number of fused-ring (bicyclic) bond motifs is 4. The highest BCUT2D eigenvalue weighted by molar-refractivity contribution is 6.31. The molecular weight excluding hydrogens is 528 g/mol. The monoisotopic (exact) mass is 556 g/mol. The molecule has 1 unspecified atom stereocenters. The standard InChI is InChI=1S/C26H28N6O6.ClH/c1-5-8-32-21(34)17(20(33)27-24(32)37)12-15-6-7-18-16(11-15)13-26(19-14-28(2)9-10-31(18)19)22(35)29(3)25(38)30(4)23(26)36;/h5-7,11-12,19H,1,8-10,13-14H2,2-4H3,(H,27,33,37);1H. The molecular formula is C26H29ClN6O6. The van der Waals surface area contributed by atoms with Crippen LogP contribution < -0.4 is 10.2 Å². The molecule has 0 bridgehead atoms. The van der Waals surface area contributed by atoms with Crippen LogP contribution in [0.3, 0.4) is 0 Å². The van der Waals surface area contributed by atoms with E-state index in [9.17, 15) is 28.8 Å². The van der Waals surface area contributed by atoms with Crippen LogP contribution in [-0.4, -0.2) is 109 Å². The van der Waals surface area contributed by atoms with Crippen LogP contribution in [0, 0.1) is 5.41 Å². The Morgan fingerprint density at radius 3 is 2.33 bits per heavy atom. The summed E-state index contributed by atoms with van der Waals surface area (Å²) in [7, 11) is 4.69. The highest BCUT2D eigenvalue weighted by atomic mass is 35.5. The van der Waals surface area contributed by atoms with E-state index in [1.165, 1.54) is 26.2 Å². The third-order valence-electron chi connectivity index (χ3n) is 7.79. The maximum Gasteiger partial charge on any atom is 0.332 e. The van der Waals surface area contributed by atoms with Crippen LogP contribution in [-0.2, 0) is 25.6 Å². The van der Waals surface area contributed by atoms with E-state index in [1.807, 2.05) is 18.0 Å². The number of amides is 8. The zero-order chi connectivity index (χ0) is 27.5. The molecule has 1 spiro atoms. The maximum absolute atomic E-state index is 13.7. The first-order valence-electron chi connectivity index (χ1n) is 12.2. The lowest BCUT2D eigenvalue weighted by Crippen LogP contribution is -2.74. The first-order valence-corrected chi connectivity index (χ1v) is 12.2. The highest BCUT2D eigenvalue weighted by Gasteiger charge is 2.63. The zero-order valence-electron chi connectivity index (χ0n) is 21.8. The summed E-state index contributed by atoms with van der Waals surface area (Å²) in [6, 6.07) is 3.36. The molecule has 8 amide bonds. The lowest BCUT2D eigenvalue weighted by atomic mass is 9.67. The number of carbonyl (C=O) groups is 6. The van der Waals surface area contributed by atoms with Gasteiger partial charge in [0.2, 0.25) is 11.8 Å². The first-order chi connectivity index (χ1) is 18.0. The Bertz CT molecular complexity index is 1330. The van der Waals surface area contributed by atoms with Gasteiger partial charge in [0.15, 0.2) is 5.41 Å². The summed E-state index contributed by atoms with van der Waals surface area (Å²) >= 11 is 0. The Morgan fingerprint density at radius 2 is 1.69 bits per heavy atom. The van der Waals surface area contributed by atoms with Gasteiger partial charge in [-0.2, -0.15) is 0 Å². The van der Waals surface area contributed by atoms with Gasteiger partial charge in [-0.25, -0.2) is 9.59 Å². The molecule has 206 valence electrons. The Labute approximate surface area is 231 Å². The number of nitrogens with zero attached hydrogens (tertiary/aromatic N) is 5.